The minimum Gasteiger partial charge on any atom is -0.469 e. The Kier molecular flexibility index (Phi) is 18.0. The normalized spacial score (nSPS) is 11.4. The van der Waals surface area contributed by atoms with Gasteiger partial charge in [-0.25, -0.2) is 0 Å². The number of carbonyl (C=O) groups is 1. The van der Waals surface area contributed by atoms with Crippen molar-refractivity contribution in [1.82, 2.24) is 0 Å². The van der Waals surface area contributed by atoms with Crippen LogP contribution in [0.2, 0.25) is 0 Å². The molecule has 18 heavy (non-hydrogen) atoms. The van der Waals surface area contributed by atoms with Gasteiger partial charge < -0.3 is 19.7 Å². The molecule has 5 heteroatoms. The summed E-state index contributed by atoms with van der Waals surface area (Å²) in [7, 11) is 1.35. The number of hydrogen-bond acceptors (Lipinski definition) is 5. The van der Waals surface area contributed by atoms with E-state index in [9.17, 15) is 4.79 Å². The third-order valence-corrected chi connectivity index (χ3v) is 1.49. The molecule has 1 unspecified atom stereocenters. The largest absolute Gasteiger partial charge is 0.469 e. The first-order chi connectivity index (χ1) is 8.10. The fourth-order valence-corrected chi connectivity index (χ4v) is 0.927. The maximum absolute atomic E-state index is 9.59. The fraction of sp³-hybridized carbons (Fsp3) is 0.923. The van der Waals surface area contributed by atoms with E-state index in [1.807, 2.05) is 13.8 Å². The van der Waals surface area contributed by atoms with Crippen LogP contribution in [0.25, 0.3) is 0 Å². The van der Waals surface area contributed by atoms with Crippen molar-refractivity contribution in [2.75, 3.05) is 20.3 Å². The van der Waals surface area contributed by atoms with Crippen LogP contribution in [0.1, 0.15) is 48.0 Å². The third-order valence-electron chi connectivity index (χ3n) is 1.49. The molecular formula is C13H30O5. The molecule has 0 aliphatic rings. The summed E-state index contributed by atoms with van der Waals surface area (Å²) in [4.78, 5) is 9.59. The highest BCUT2D eigenvalue weighted by Gasteiger charge is 2.14. The lowest BCUT2D eigenvalue weighted by Crippen LogP contribution is -2.24. The lowest BCUT2D eigenvalue weighted by atomic mass is 10.0. The Bertz CT molecular complexity index is 171. The van der Waals surface area contributed by atoms with E-state index in [0.29, 0.717) is 6.42 Å². The van der Waals surface area contributed by atoms with Crippen molar-refractivity contribution in [3.05, 3.63) is 0 Å². The number of carbonyl (C=O) groups excluding carboxylic acids is 1. The van der Waals surface area contributed by atoms with Crippen LogP contribution in [0.5, 0.6) is 0 Å². The van der Waals surface area contributed by atoms with Crippen molar-refractivity contribution in [2.45, 2.75) is 59.7 Å². The van der Waals surface area contributed by atoms with E-state index < -0.39 is 11.7 Å². The first-order valence-corrected chi connectivity index (χ1v) is 6.13. The Morgan fingerprint density at radius 3 is 1.61 bits per heavy atom. The number of esters is 1. The Hall–Kier alpha value is -0.650. The lowest BCUT2D eigenvalue weighted by Gasteiger charge is -2.17. The summed E-state index contributed by atoms with van der Waals surface area (Å²) in [5, 5.41) is 17.8. The molecular weight excluding hydrogens is 236 g/mol. The molecule has 0 aromatic heterocycles. The van der Waals surface area contributed by atoms with Gasteiger partial charge in [0.15, 0.2) is 0 Å². The first kappa shape index (κ1) is 22.5. The van der Waals surface area contributed by atoms with E-state index >= 15 is 0 Å². The number of aliphatic hydroxyl groups excluding tert-OH is 1. The maximum atomic E-state index is 9.59. The molecule has 0 aromatic rings. The average molecular weight is 266 g/mol. The summed E-state index contributed by atoms with van der Waals surface area (Å²) in [5.74, 6) is -0.245. The van der Waals surface area contributed by atoms with Crippen LogP contribution in [0, 0.1) is 0 Å². The Morgan fingerprint density at radius 2 is 1.61 bits per heavy atom. The van der Waals surface area contributed by atoms with Crippen LogP contribution >= 0.6 is 0 Å². The molecule has 112 valence electrons. The van der Waals surface area contributed by atoms with Gasteiger partial charge in [0, 0.05) is 26.6 Å². The second-order valence-electron chi connectivity index (χ2n) is 4.34. The van der Waals surface area contributed by atoms with Crippen LogP contribution in [-0.2, 0) is 14.3 Å². The SMILES string of the molecule is CC(O)CC(C)(C)O.CCOCC.COC(C)=O. The zero-order chi connectivity index (χ0) is 15.2. The van der Waals surface area contributed by atoms with Crippen molar-refractivity contribution in [1.29, 1.82) is 0 Å². The van der Waals surface area contributed by atoms with Gasteiger partial charge in [0.25, 0.3) is 0 Å². The van der Waals surface area contributed by atoms with Crippen molar-refractivity contribution in [2.24, 2.45) is 0 Å². The molecule has 1 atom stereocenters. The molecule has 2 N–H and O–H groups in total. The monoisotopic (exact) mass is 266 g/mol. The second-order valence-corrected chi connectivity index (χ2v) is 4.34. The molecule has 0 heterocycles. The van der Waals surface area contributed by atoms with Gasteiger partial charge in [0.1, 0.15) is 0 Å². The molecule has 0 rings (SSSR count). The molecule has 0 fully saturated rings. The molecule has 0 saturated heterocycles. The molecule has 0 aromatic carbocycles. The first-order valence-electron chi connectivity index (χ1n) is 6.13. The zero-order valence-electron chi connectivity index (χ0n) is 12.8. The number of methoxy groups -OCH3 is 1. The summed E-state index contributed by atoms with van der Waals surface area (Å²) in [5.41, 5.74) is -0.728. The molecule has 0 aliphatic carbocycles. The standard InChI is InChI=1S/C6H14O2.C4H10O.C3H6O2/c1-5(7)4-6(2,3)8;1-3-5-4-2;1-3(4)5-2/h5,7-8H,4H2,1-3H3;3-4H2,1-2H3;1-2H3. The molecule has 5 nitrogen and oxygen atoms in total. The van der Waals surface area contributed by atoms with Gasteiger partial charge in [-0.15, -0.1) is 0 Å². The Balaban J connectivity index is -0.000000197. The molecule has 0 spiro atoms. The van der Waals surface area contributed by atoms with E-state index in [1.54, 1.807) is 20.8 Å². The van der Waals surface area contributed by atoms with Crippen LogP contribution < -0.4 is 0 Å². The topological polar surface area (TPSA) is 76.0 Å². The Labute approximate surface area is 111 Å². The van der Waals surface area contributed by atoms with Gasteiger partial charge >= 0.3 is 5.97 Å². The smallest absolute Gasteiger partial charge is 0.302 e. The van der Waals surface area contributed by atoms with E-state index in [2.05, 4.69) is 4.74 Å². The van der Waals surface area contributed by atoms with E-state index in [0.717, 1.165) is 13.2 Å². The van der Waals surface area contributed by atoms with Crippen LogP contribution in [0.15, 0.2) is 0 Å². The summed E-state index contributed by atoms with van der Waals surface area (Å²) in [6, 6.07) is 0. The number of aliphatic hydroxyl groups is 2. The molecule has 0 radical (unpaired) electrons. The van der Waals surface area contributed by atoms with Gasteiger partial charge in [-0.2, -0.15) is 0 Å². The third kappa shape index (κ3) is 45.3. The number of ether oxygens (including phenoxy) is 2. The van der Waals surface area contributed by atoms with Gasteiger partial charge in [0.05, 0.1) is 18.8 Å². The highest BCUT2D eigenvalue weighted by atomic mass is 16.5. The van der Waals surface area contributed by atoms with Crippen molar-refractivity contribution < 1.29 is 24.5 Å². The summed E-state index contributed by atoms with van der Waals surface area (Å²) in [6.07, 6.45) is 0.0301. The molecule has 0 amide bonds. The van der Waals surface area contributed by atoms with Gasteiger partial charge in [-0.3, -0.25) is 4.79 Å². The minimum atomic E-state index is -0.728. The summed E-state index contributed by atoms with van der Waals surface area (Å²) in [6.45, 7) is 12.1. The number of rotatable bonds is 4. The van der Waals surface area contributed by atoms with Gasteiger partial charge in [-0.05, 0) is 34.6 Å². The summed E-state index contributed by atoms with van der Waals surface area (Å²) < 4.78 is 8.94. The zero-order valence-corrected chi connectivity index (χ0v) is 12.8. The minimum absolute atomic E-state index is 0.245. The van der Waals surface area contributed by atoms with E-state index in [1.165, 1.54) is 14.0 Å². The van der Waals surface area contributed by atoms with Crippen LogP contribution in [0.3, 0.4) is 0 Å². The van der Waals surface area contributed by atoms with Crippen molar-refractivity contribution in [3.8, 4) is 0 Å². The summed E-state index contributed by atoms with van der Waals surface area (Å²) >= 11 is 0. The molecule has 0 bridgehead atoms. The van der Waals surface area contributed by atoms with Crippen molar-refractivity contribution >= 4 is 5.97 Å². The van der Waals surface area contributed by atoms with Crippen LogP contribution in [-0.4, -0.2) is 48.2 Å². The second kappa shape index (κ2) is 14.4. The predicted molar refractivity (Wildman–Crippen MR) is 72.5 cm³/mol. The fourth-order valence-electron chi connectivity index (χ4n) is 0.927. The predicted octanol–water partition coefficient (Wildman–Crippen LogP) is 1.75. The molecule has 0 aliphatic heterocycles. The quantitative estimate of drug-likeness (QED) is 0.758. The highest BCUT2D eigenvalue weighted by molar-refractivity contribution is 5.65. The average Bonchev–Trinajstić information content (AvgIpc) is 2.16. The lowest BCUT2D eigenvalue weighted by molar-refractivity contribution is -0.137. The van der Waals surface area contributed by atoms with Gasteiger partial charge in [0.2, 0.25) is 0 Å². The maximum Gasteiger partial charge on any atom is 0.302 e. The van der Waals surface area contributed by atoms with Crippen molar-refractivity contribution in [3.63, 3.8) is 0 Å². The van der Waals surface area contributed by atoms with E-state index in [4.69, 9.17) is 14.9 Å². The van der Waals surface area contributed by atoms with Gasteiger partial charge in [-0.1, -0.05) is 0 Å². The van der Waals surface area contributed by atoms with Crippen LogP contribution in [0.4, 0.5) is 0 Å². The molecule has 0 saturated carbocycles. The Morgan fingerprint density at radius 1 is 1.28 bits per heavy atom. The number of hydrogen-bond donors (Lipinski definition) is 2. The van der Waals surface area contributed by atoms with E-state index in [-0.39, 0.29) is 5.97 Å². The highest BCUT2D eigenvalue weighted by Crippen LogP contribution is 2.09.